The zero-order valence-corrected chi connectivity index (χ0v) is 10.8. The summed E-state index contributed by atoms with van der Waals surface area (Å²) in [5.74, 6) is 0.705. The summed E-state index contributed by atoms with van der Waals surface area (Å²) in [7, 11) is 0. The van der Waals surface area contributed by atoms with Crippen LogP contribution in [0.15, 0.2) is 42.6 Å². The van der Waals surface area contributed by atoms with E-state index in [1.165, 1.54) is 12.3 Å². The summed E-state index contributed by atoms with van der Waals surface area (Å²) in [6, 6.07) is 11.3. The number of rotatable bonds is 1. The maximum absolute atomic E-state index is 13.0. The number of hydrogen-bond acceptors (Lipinski definition) is 3. The minimum absolute atomic E-state index is 0.0549. The van der Waals surface area contributed by atoms with Crippen LogP contribution in [-0.4, -0.2) is 21.3 Å². The van der Waals surface area contributed by atoms with Gasteiger partial charge in [-0.3, -0.25) is 4.98 Å². The summed E-state index contributed by atoms with van der Waals surface area (Å²) in [5.41, 5.74) is 1.81. The van der Waals surface area contributed by atoms with Crippen molar-refractivity contribution in [3.8, 4) is 0 Å². The molecule has 1 N–H and O–H groups in total. The summed E-state index contributed by atoms with van der Waals surface area (Å²) in [6.45, 7) is 0.861. The van der Waals surface area contributed by atoms with E-state index >= 15 is 0 Å². The monoisotopic (exact) mass is 268 g/mol. The molecule has 1 aromatic carbocycles. The minimum atomic E-state index is -0.312. The summed E-state index contributed by atoms with van der Waals surface area (Å²) in [5, 5.41) is 9.16. The smallest absolute Gasteiger partial charge is 0.141 e. The fourth-order valence-corrected chi connectivity index (χ4v) is 2.76. The van der Waals surface area contributed by atoms with Crippen molar-refractivity contribution in [3.05, 3.63) is 54.1 Å². The highest BCUT2D eigenvalue weighted by molar-refractivity contribution is 5.90. The summed E-state index contributed by atoms with van der Waals surface area (Å²) < 4.78 is 15.0. The molecule has 4 rings (SSSR count). The van der Waals surface area contributed by atoms with E-state index in [0.29, 0.717) is 0 Å². The molecule has 1 aliphatic rings. The lowest BCUT2D eigenvalue weighted by molar-refractivity contribution is 0.473. The van der Waals surface area contributed by atoms with E-state index in [0.717, 1.165) is 35.4 Å². The van der Waals surface area contributed by atoms with Crippen LogP contribution in [0.1, 0.15) is 18.2 Å². The molecule has 0 saturated heterocycles. The number of fused-ring (bicyclic) bond motifs is 3. The van der Waals surface area contributed by atoms with Crippen LogP contribution in [0.25, 0.3) is 10.9 Å². The molecule has 5 heteroatoms. The van der Waals surface area contributed by atoms with Crippen molar-refractivity contribution in [1.29, 1.82) is 0 Å². The lowest BCUT2D eigenvalue weighted by Gasteiger charge is -2.25. The third kappa shape index (κ3) is 1.66. The zero-order valence-electron chi connectivity index (χ0n) is 10.8. The third-order valence-corrected chi connectivity index (χ3v) is 3.70. The Balaban J connectivity index is 1.87. The van der Waals surface area contributed by atoms with E-state index in [-0.39, 0.29) is 11.9 Å². The molecule has 4 nitrogen and oxygen atoms in total. The molecule has 0 saturated carbocycles. The van der Waals surface area contributed by atoms with Gasteiger partial charge in [0, 0.05) is 11.9 Å². The molecule has 3 heterocycles. The number of anilines is 1. The molecule has 0 aliphatic carbocycles. The van der Waals surface area contributed by atoms with E-state index < -0.39 is 0 Å². The van der Waals surface area contributed by atoms with Gasteiger partial charge in [-0.1, -0.05) is 12.1 Å². The molecule has 0 radical (unpaired) electrons. The molecule has 3 aromatic rings. The maximum Gasteiger partial charge on any atom is 0.141 e. The van der Waals surface area contributed by atoms with Gasteiger partial charge in [0.2, 0.25) is 0 Å². The van der Waals surface area contributed by atoms with Gasteiger partial charge in [0.25, 0.3) is 0 Å². The number of aromatic nitrogens is 3. The van der Waals surface area contributed by atoms with Crippen LogP contribution in [0.5, 0.6) is 0 Å². The molecule has 2 aromatic heterocycles. The Kier molecular flexibility index (Phi) is 2.45. The van der Waals surface area contributed by atoms with Crippen molar-refractivity contribution in [3.63, 3.8) is 0 Å². The Morgan fingerprint density at radius 2 is 2.10 bits per heavy atom. The van der Waals surface area contributed by atoms with Crippen LogP contribution in [0.2, 0.25) is 0 Å². The number of pyridine rings is 1. The number of hydrogen-bond donors (Lipinski definition) is 1. The van der Waals surface area contributed by atoms with E-state index in [1.54, 1.807) is 6.07 Å². The molecule has 0 spiro atoms. The Morgan fingerprint density at radius 1 is 1.20 bits per heavy atom. The second-order valence-electron chi connectivity index (χ2n) is 4.94. The zero-order chi connectivity index (χ0) is 13.5. The molecule has 0 fully saturated rings. The van der Waals surface area contributed by atoms with Crippen LogP contribution in [0.3, 0.4) is 0 Å². The molecule has 0 bridgehead atoms. The van der Waals surface area contributed by atoms with Gasteiger partial charge in [0.15, 0.2) is 0 Å². The lowest BCUT2D eigenvalue weighted by Crippen LogP contribution is -2.25. The number of halogens is 1. The highest BCUT2D eigenvalue weighted by atomic mass is 19.1. The van der Waals surface area contributed by atoms with Crippen LogP contribution in [0.4, 0.5) is 10.2 Å². The van der Waals surface area contributed by atoms with Crippen LogP contribution in [0, 0.1) is 5.82 Å². The van der Waals surface area contributed by atoms with Crippen molar-refractivity contribution >= 4 is 16.7 Å². The van der Waals surface area contributed by atoms with Gasteiger partial charge in [-0.2, -0.15) is 5.10 Å². The standard InChI is InChI=1S/C15H13FN4/c16-10-5-6-13(18-9-10)14-7-8-17-15-11-3-1-2-4-12(11)19-20(14)15/h1-6,9,14,17H,7-8H2. The maximum atomic E-state index is 13.0. The van der Waals surface area contributed by atoms with Gasteiger partial charge in [-0.05, 0) is 30.7 Å². The SMILES string of the molecule is Fc1ccc(C2CCNc3c4ccccc4nn32)nc1. The summed E-state index contributed by atoms with van der Waals surface area (Å²) >= 11 is 0. The fourth-order valence-electron chi connectivity index (χ4n) is 2.76. The van der Waals surface area contributed by atoms with Crippen LogP contribution >= 0.6 is 0 Å². The largest absolute Gasteiger partial charge is 0.370 e. The topological polar surface area (TPSA) is 42.7 Å². The molecular weight excluding hydrogens is 255 g/mol. The van der Waals surface area contributed by atoms with Crippen molar-refractivity contribution in [2.45, 2.75) is 12.5 Å². The van der Waals surface area contributed by atoms with Gasteiger partial charge in [-0.25, -0.2) is 9.07 Å². The quantitative estimate of drug-likeness (QED) is 0.737. The van der Waals surface area contributed by atoms with Gasteiger partial charge in [0.05, 0.1) is 23.4 Å². The van der Waals surface area contributed by atoms with E-state index in [9.17, 15) is 4.39 Å². The molecule has 1 atom stereocenters. The molecule has 20 heavy (non-hydrogen) atoms. The molecular formula is C15H13FN4. The summed E-state index contributed by atoms with van der Waals surface area (Å²) in [6.07, 6.45) is 2.15. The van der Waals surface area contributed by atoms with Gasteiger partial charge >= 0.3 is 0 Å². The molecule has 1 unspecified atom stereocenters. The van der Waals surface area contributed by atoms with Crippen molar-refractivity contribution in [2.75, 3.05) is 11.9 Å². The first-order valence-corrected chi connectivity index (χ1v) is 6.65. The highest BCUT2D eigenvalue weighted by Gasteiger charge is 2.25. The normalized spacial score (nSPS) is 17.8. The first kappa shape index (κ1) is 11.4. The average molecular weight is 268 g/mol. The molecule has 100 valence electrons. The first-order valence-electron chi connectivity index (χ1n) is 6.65. The van der Waals surface area contributed by atoms with Gasteiger partial charge in [-0.15, -0.1) is 0 Å². The van der Waals surface area contributed by atoms with Crippen LogP contribution in [-0.2, 0) is 0 Å². The minimum Gasteiger partial charge on any atom is -0.370 e. The lowest BCUT2D eigenvalue weighted by atomic mass is 10.1. The van der Waals surface area contributed by atoms with Crippen molar-refractivity contribution in [1.82, 2.24) is 14.8 Å². The second-order valence-corrected chi connectivity index (χ2v) is 4.94. The fraction of sp³-hybridized carbons (Fsp3) is 0.200. The Hall–Kier alpha value is -2.43. The first-order chi connectivity index (χ1) is 9.83. The van der Waals surface area contributed by atoms with E-state index in [1.807, 2.05) is 22.9 Å². The van der Waals surface area contributed by atoms with Gasteiger partial charge < -0.3 is 5.32 Å². The number of benzene rings is 1. The number of nitrogens with zero attached hydrogens (tertiary/aromatic N) is 3. The van der Waals surface area contributed by atoms with E-state index in [2.05, 4.69) is 21.5 Å². The van der Waals surface area contributed by atoms with Gasteiger partial charge in [0.1, 0.15) is 11.6 Å². The Labute approximate surface area is 115 Å². The van der Waals surface area contributed by atoms with Crippen molar-refractivity contribution < 1.29 is 4.39 Å². The predicted octanol–water partition coefficient (Wildman–Crippen LogP) is 2.98. The predicted molar refractivity (Wildman–Crippen MR) is 75.2 cm³/mol. The number of nitrogens with one attached hydrogen (secondary N) is 1. The molecule has 1 aliphatic heterocycles. The van der Waals surface area contributed by atoms with E-state index in [4.69, 9.17) is 0 Å². The summed E-state index contributed by atoms with van der Waals surface area (Å²) in [4.78, 5) is 4.21. The second kappa shape index (κ2) is 4.30. The Bertz CT molecular complexity index is 763. The molecule has 0 amide bonds. The average Bonchev–Trinajstić information content (AvgIpc) is 2.87. The Morgan fingerprint density at radius 3 is 2.95 bits per heavy atom. The van der Waals surface area contributed by atoms with Crippen LogP contribution < -0.4 is 5.32 Å². The highest BCUT2D eigenvalue weighted by Crippen LogP contribution is 2.33. The third-order valence-electron chi connectivity index (χ3n) is 3.70. The van der Waals surface area contributed by atoms with Crippen molar-refractivity contribution in [2.24, 2.45) is 0 Å².